The number of nitrogens with one attached hydrogen (secondary N) is 1. The molecule has 0 saturated carbocycles. The molecule has 5 rings (SSSR count). The van der Waals surface area contributed by atoms with Crippen LogP contribution < -0.4 is 10.8 Å². The molecule has 4 heterocycles. The molecule has 8 nitrogen and oxygen atoms in total. The Hall–Kier alpha value is -3.25. The molecule has 0 saturated heterocycles. The van der Waals surface area contributed by atoms with Gasteiger partial charge < -0.3 is 9.88 Å². The van der Waals surface area contributed by atoms with Gasteiger partial charge in [0, 0.05) is 37.3 Å². The van der Waals surface area contributed by atoms with Crippen molar-refractivity contribution in [2.24, 2.45) is 4.99 Å². The van der Waals surface area contributed by atoms with Gasteiger partial charge in [0.15, 0.2) is 5.49 Å². The van der Waals surface area contributed by atoms with Gasteiger partial charge in [-0.1, -0.05) is 24.3 Å². The third-order valence-electron chi connectivity index (χ3n) is 6.76. The molecule has 0 aromatic heterocycles. The first-order valence-electron chi connectivity index (χ1n) is 12.0. The average molecular weight is 533 g/mol. The van der Waals surface area contributed by atoms with Crippen molar-refractivity contribution >= 4 is 21.4 Å². The summed E-state index contributed by atoms with van der Waals surface area (Å²) in [6.45, 7) is 5.41. The largest absolute Gasteiger partial charge is 0.369 e. The van der Waals surface area contributed by atoms with E-state index in [1.165, 1.54) is 22.7 Å². The Morgan fingerprint density at radius 3 is 2.57 bits per heavy atom. The van der Waals surface area contributed by atoms with Crippen LogP contribution in [0.25, 0.3) is 17.0 Å². The molecule has 4 aliphatic heterocycles. The summed E-state index contributed by atoms with van der Waals surface area (Å²) < 4.78 is 68.7. The molecule has 0 aliphatic carbocycles. The fourth-order valence-corrected chi connectivity index (χ4v) is 5.67. The molecule has 37 heavy (non-hydrogen) atoms. The number of anilines is 1. The lowest BCUT2D eigenvalue weighted by Crippen LogP contribution is -2.33. The van der Waals surface area contributed by atoms with E-state index in [1.54, 1.807) is 13.8 Å². The van der Waals surface area contributed by atoms with E-state index in [0.29, 0.717) is 48.8 Å². The second kappa shape index (κ2) is 9.56. The van der Waals surface area contributed by atoms with E-state index < -0.39 is 33.9 Å². The molecule has 0 bridgehead atoms. The van der Waals surface area contributed by atoms with Crippen LogP contribution in [0.5, 0.6) is 0 Å². The van der Waals surface area contributed by atoms with Gasteiger partial charge in [-0.2, -0.15) is 4.31 Å². The zero-order valence-electron chi connectivity index (χ0n) is 20.7. The number of halogens is 3. The maximum Gasteiger partial charge on any atom is 0.266 e. The lowest BCUT2D eigenvalue weighted by molar-refractivity contribution is 0.146. The van der Waals surface area contributed by atoms with Crippen LogP contribution in [0, 0.1) is 12.7 Å². The first-order valence-corrected chi connectivity index (χ1v) is 13.8. The van der Waals surface area contributed by atoms with Gasteiger partial charge in [0.05, 0.1) is 23.4 Å². The molecule has 196 valence electrons. The predicted molar refractivity (Wildman–Crippen MR) is 134 cm³/mol. The Morgan fingerprint density at radius 2 is 1.89 bits per heavy atom. The molecule has 1 N–H and O–H groups in total. The maximum atomic E-state index is 14.8. The van der Waals surface area contributed by atoms with E-state index in [9.17, 15) is 21.6 Å². The third kappa shape index (κ3) is 4.75. The van der Waals surface area contributed by atoms with Crippen molar-refractivity contribution in [2.45, 2.75) is 39.3 Å². The summed E-state index contributed by atoms with van der Waals surface area (Å²) in [5.74, 6) is 1.07. The quantitative estimate of drug-likeness (QED) is 0.538. The second-order valence-electron chi connectivity index (χ2n) is 9.27. The van der Waals surface area contributed by atoms with Crippen LogP contribution in [-0.4, -0.2) is 53.1 Å². The minimum Gasteiger partial charge on any atom is -0.369 e. The van der Waals surface area contributed by atoms with E-state index >= 15 is 0 Å². The van der Waals surface area contributed by atoms with Crippen LogP contribution in [0.3, 0.4) is 0 Å². The van der Waals surface area contributed by atoms with Crippen LogP contribution in [0.1, 0.15) is 48.3 Å². The fraction of sp³-hybridized carbons (Fsp3) is 0.400. The van der Waals surface area contributed by atoms with Gasteiger partial charge in [-0.3, -0.25) is 4.99 Å². The van der Waals surface area contributed by atoms with Gasteiger partial charge in [-0.25, -0.2) is 31.6 Å². The van der Waals surface area contributed by atoms with Gasteiger partial charge >= 0.3 is 0 Å². The number of hydrogen-bond acceptors (Lipinski definition) is 6. The molecule has 12 heteroatoms. The average Bonchev–Trinajstić information content (AvgIpc) is 3.33. The van der Waals surface area contributed by atoms with E-state index in [4.69, 9.17) is 0 Å². The number of nitrogens with zero attached hydrogens (tertiary/aromatic N) is 5. The number of benzene rings is 1. The van der Waals surface area contributed by atoms with E-state index in [1.807, 2.05) is 16.7 Å². The van der Waals surface area contributed by atoms with Gasteiger partial charge in [0.1, 0.15) is 23.3 Å². The van der Waals surface area contributed by atoms with Crippen molar-refractivity contribution < 1.29 is 21.6 Å². The normalized spacial score (nSPS) is 17.7. The highest BCUT2D eigenvalue weighted by Gasteiger charge is 2.28. The Bertz CT molecular complexity index is 1550. The number of sulfonamides is 1. The number of hydrogen-bond donors (Lipinski definition) is 1. The Labute approximate surface area is 213 Å². The molecule has 1 aromatic rings. The SMILES string of the molecule is Cc1nc2n3c(c(C4=CCN(S(C)(=O)=O)CC4)cc-2c(=NC(C)c2cccc(C(F)F)c2F)n1)NCC3. The van der Waals surface area contributed by atoms with Crippen molar-refractivity contribution in [3.8, 4) is 11.4 Å². The van der Waals surface area contributed by atoms with Crippen LogP contribution >= 0.6 is 0 Å². The van der Waals surface area contributed by atoms with E-state index in [0.717, 1.165) is 23.0 Å². The summed E-state index contributed by atoms with van der Waals surface area (Å²) in [6.07, 6.45) is 0.720. The number of aromatic nitrogens is 3. The maximum absolute atomic E-state index is 14.8. The van der Waals surface area contributed by atoms with Crippen molar-refractivity contribution in [1.82, 2.24) is 18.8 Å². The molecule has 0 fully saturated rings. The van der Waals surface area contributed by atoms with Crippen molar-refractivity contribution in [2.75, 3.05) is 31.2 Å². The summed E-state index contributed by atoms with van der Waals surface area (Å²) >= 11 is 0. The second-order valence-corrected chi connectivity index (χ2v) is 11.3. The van der Waals surface area contributed by atoms with E-state index in [2.05, 4.69) is 20.3 Å². The standard InChI is InChI=1S/C25H27F3N6O2S/c1-14(17-5-4-6-18(21(17)26)22(27)28)30-23-20-13-19(16-7-10-33(11-8-16)37(3,35)36)24-29-9-12-34(24)25(20)32-15(2)31-23/h4-7,13-14,22,29H,8-12H2,1-3H3. The number of pyridine rings is 1. The molecule has 1 aromatic carbocycles. The molecule has 4 aliphatic rings. The lowest BCUT2D eigenvalue weighted by Gasteiger charge is -2.26. The highest BCUT2D eigenvalue weighted by molar-refractivity contribution is 7.88. The van der Waals surface area contributed by atoms with Gasteiger partial charge in [-0.05, 0) is 31.9 Å². The smallest absolute Gasteiger partial charge is 0.266 e. The molecular weight excluding hydrogens is 505 g/mol. The first-order chi connectivity index (χ1) is 17.5. The van der Waals surface area contributed by atoms with Gasteiger partial charge in [-0.15, -0.1) is 0 Å². The molecule has 1 unspecified atom stereocenters. The fourth-order valence-electron chi connectivity index (χ4n) is 4.90. The Morgan fingerprint density at radius 1 is 1.14 bits per heavy atom. The molecule has 0 amide bonds. The van der Waals surface area contributed by atoms with Crippen molar-refractivity contribution in [1.29, 1.82) is 0 Å². The van der Waals surface area contributed by atoms with Gasteiger partial charge in [0.25, 0.3) is 6.43 Å². The van der Waals surface area contributed by atoms with Gasteiger partial charge in [0.2, 0.25) is 10.0 Å². The molecular formula is C25H27F3N6O2S. The van der Waals surface area contributed by atoms with Crippen LogP contribution in [0.4, 0.5) is 19.0 Å². The Kier molecular flexibility index (Phi) is 6.57. The highest BCUT2D eigenvalue weighted by Crippen LogP contribution is 2.36. The van der Waals surface area contributed by atoms with Crippen LogP contribution in [0.15, 0.2) is 35.3 Å². The number of fused-ring (bicyclic) bond motifs is 3. The zero-order valence-corrected chi connectivity index (χ0v) is 21.5. The summed E-state index contributed by atoms with van der Waals surface area (Å²) in [4.78, 5) is 13.8. The summed E-state index contributed by atoms with van der Waals surface area (Å²) in [6, 6.07) is 5.08. The monoisotopic (exact) mass is 532 g/mol. The first kappa shape index (κ1) is 25.4. The topological polar surface area (TPSA) is 92.5 Å². The minimum atomic E-state index is -3.29. The predicted octanol–water partition coefficient (Wildman–Crippen LogP) is 3.90. The molecule has 0 radical (unpaired) electrons. The van der Waals surface area contributed by atoms with E-state index in [-0.39, 0.29) is 12.1 Å². The molecule has 0 spiro atoms. The van der Waals surface area contributed by atoms with Crippen LogP contribution in [-0.2, 0) is 16.6 Å². The summed E-state index contributed by atoms with van der Waals surface area (Å²) in [5, 5.41) is 3.41. The minimum absolute atomic E-state index is 0.0637. The van der Waals surface area contributed by atoms with Crippen molar-refractivity contribution in [3.05, 3.63) is 64.2 Å². The van der Waals surface area contributed by atoms with Crippen LogP contribution in [0.2, 0.25) is 0 Å². The third-order valence-corrected chi connectivity index (χ3v) is 8.03. The molecule has 1 atom stereocenters. The Balaban J connectivity index is 1.65. The summed E-state index contributed by atoms with van der Waals surface area (Å²) in [5.41, 5.74) is 2.30. The number of rotatable bonds is 5. The lowest BCUT2D eigenvalue weighted by atomic mass is 9.98. The summed E-state index contributed by atoms with van der Waals surface area (Å²) in [7, 11) is -3.29. The zero-order chi connectivity index (χ0) is 26.5. The number of alkyl halides is 2. The van der Waals surface area contributed by atoms with Crippen molar-refractivity contribution in [3.63, 3.8) is 0 Å². The number of aryl methyl sites for hydroxylation is 1. The highest BCUT2D eigenvalue weighted by atomic mass is 32.2.